The molecule has 0 amide bonds. The second-order valence-electron chi connectivity index (χ2n) is 6.70. The molecule has 0 spiro atoms. The number of rotatable bonds is 6. The van der Waals surface area contributed by atoms with Crippen LogP contribution in [-0.2, 0) is 4.84 Å². The Hall–Kier alpha value is -3.43. The normalized spacial score (nSPS) is 12.2. The number of hydrogen-bond donors (Lipinski definition) is 0. The largest absolute Gasteiger partial charge is 0.371 e. The summed E-state index contributed by atoms with van der Waals surface area (Å²) in [5.74, 6) is -14.0. The van der Waals surface area contributed by atoms with Gasteiger partial charge in [0.25, 0.3) is 6.08 Å². The molecular formula is C21H14F7NO2. The SMILES string of the molecule is CC(C)(C=C(F)F)C(/C=C/c1ccccc1)=N/OC(=O)c1c(F)c(F)c(F)c(F)c1F. The summed E-state index contributed by atoms with van der Waals surface area (Å²) in [5.41, 5.74) is -3.10. The van der Waals surface area contributed by atoms with E-state index in [1.54, 1.807) is 30.3 Å². The van der Waals surface area contributed by atoms with Crippen molar-refractivity contribution in [2.24, 2.45) is 10.6 Å². The molecule has 31 heavy (non-hydrogen) atoms. The lowest BCUT2D eigenvalue weighted by atomic mass is 9.87. The molecule has 2 aromatic rings. The van der Waals surface area contributed by atoms with E-state index in [1.165, 1.54) is 26.0 Å². The van der Waals surface area contributed by atoms with Crippen LogP contribution in [0.5, 0.6) is 0 Å². The smallest absolute Gasteiger partial charge is 0.312 e. The first kappa shape index (κ1) is 23.8. The van der Waals surface area contributed by atoms with Crippen LogP contribution < -0.4 is 0 Å². The second-order valence-corrected chi connectivity index (χ2v) is 6.70. The maximum Gasteiger partial charge on any atom is 0.371 e. The lowest BCUT2D eigenvalue weighted by Crippen LogP contribution is -2.22. The molecule has 2 aromatic carbocycles. The van der Waals surface area contributed by atoms with Gasteiger partial charge in [0.05, 0.1) is 5.71 Å². The van der Waals surface area contributed by atoms with Crippen molar-refractivity contribution in [2.75, 3.05) is 0 Å². The van der Waals surface area contributed by atoms with Gasteiger partial charge in [0.2, 0.25) is 5.82 Å². The van der Waals surface area contributed by atoms with Gasteiger partial charge in [-0.2, -0.15) is 8.78 Å². The fourth-order valence-corrected chi connectivity index (χ4v) is 2.37. The molecule has 164 valence electrons. The van der Waals surface area contributed by atoms with Gasteiger partial charge in [-0.1, -0.05) is 55.4 Å². The van der Waals surface area contributed by atoms with Gasteiger partial charge in [-0.25, -0.2) is 26.7 Å². The average Bonchev–Trinajstić information content (AvgIpc) is 2.70. The Balaban J connectivity index is 2.46. The predicted octanol–water partition coefficient (Wildman–Crippen LogP) is 6.41. The summed E-state index contributed by atoms with van der Waals surface area (Å²) < 4.78 is 92.8. The zero-order chi connectivity index (χ0) is 23.3. The van der Waals surface area contributed by atoms with E-state index in [4.69, 9.17) is 0 Å². The van der Waals surface area contributed by atoms with E-state index in [2.05, 4.69) is 9.99 Å². The number of benzene rings is 2. The molecule has 0 fully saturated rings. The average molecular weight is 445 g/mol. The van der Waals surface area contributed by atoms with Crippen molar-refractivity contribution >= 4 is 17.8 Å². The molecule has 3 nitrogen and oxygen atoms in total. The van der Waals surface area contributed by atoms with Gasteiger partial charge in [-0.05, 0) is 17.7 Å². The van der Waals surface area contributed by atoms with Crippen molar-refractivity contribution in [1.82, 2.24) is 0 Å². The summed E-state index contributed by atoms with van der Waals surface area (Å²) in [4.78, 5) is 16.3. The number of allylic oxidation sites excluding steroid dienone is 2. The van der Waals surface area contributed by atoms with Crippen LogP contribution >= 0.6 is 0 Å². The fourth-order valence-electron chi connectivity index (χ4n) is 2.37. The maximum atomic E-state index is 13.8. The van der Waals surface area contributed by atoms with E-state index >= 15 is 0 Å². The molecule has 0 atom stereocenters. The quantitative estimate of drug-likeness (QED) is 0.129. The van der Waals surface area contributed by atoms with Crippen LogP contribution in [0.2, 0.25) is 0 Å². The van der Waals surface area contributed by atoms with Crippen molar-refractivity contribution in [3.05, 3.63) is 88.8 Å². The summed E-state index contributed by atoms with van der Waals surface area (Å²) in [6.07, 6.45) is 1.02. The summed E-state index contributed by atoms with van der Waals surface area (Å²) >= 11 is 0. The lowest BCUT2D eigenvalue weighted by molar-refractivity contribution is 0.0499. The Morgan fingerprint density at radius 2 is 1.42 bits per heavy atom. The monoisotopic (exact) mass is 445 g/mol. The lowest BCUT2D eigenvalue weighted by Gasteiger charge is -2.19. The summed E-state index contributed by atoms with van der Waals surface area (Å²) in [5, 5.41) is 3.33. The van der Waals surface area contributed by atoms with Gasteiger partial charge in [0, 0.05) is 5.41 Å². The van der Waals surface area contributed by atoms with Crippen molar-refractivity contribution in [1.29, 1.82) is 0 Å². The first-order chi connectivity index (χ1) is 14.5. The van der Waals surface area contributed by atoms with Crippen LogP contribution in [0.1, 0.15) is 29.8 Å². The molecule has 0 aliphatic rings. The third kappa shape index (κ3) is 5.59. The predicted molar refractivity (Wildman–Crippen MR) is 98.6 cm³/mol. The molecule has 0 aliphatic heterocycles. The standard InChI is InChI=1S/C21H14F7NO2/c1-21(2,10-13(22)23)12(9-8-11-6-4-3-5-7-11)29-31-20(30)14-15(24)17(26)19(28)18(27)16(14)25/h3-10H,1-2H3/b9-8+,29-12+. The molecule has 0 aromatic heterocycles. The summed E-state index contributed by atoms with van der Waals surface area (Å²) in [7, 11) is 0. The zero-order valence-electron chi connectivity index (χ0n) is 16.0. The number of carbonyl (C=O) groups excluding carboxylic acids is 1. The molecular weight excluding hydrogens is 431 g/mol. The van der Waals surface area contributed by atoms with Gasteiger partial charge in [-0.3, -0.25) is 0 Å². The second kappa shape index (κ2) is 9.59. The molecule has 0 radical (unpaired) electrons. The fraction of sp³-hybridized carbons (Fsp3) is 0.143. The van der Waals surface area contributed by atoms with Crippen LogP contribution in [0.25, 0.3) is 6.08 Å². The maximum absolute atomic E-state index is 13.8. The minimum Gasteiger partial charge on any atom is -0.312 e. The van der Waals surface area contributed by atoms with Crippen molar-refractivity contribution in [3.8, 4) is 0 Å². The molecule has 0 unspecified atom stereocenters. The Bertz CT molecular complexity index is 1040. The molecule has 0 saturated carbocycles. The molecule has 0 saturated heterocycles. The van der Waals surface area contributed by atoms with Crippen molar-refractivity contribution in [3.63, 3.8) is 0 Å². The van der Waals surface area contributed by atoms with Gasteiger partial charge in [0.15, 0.2) is 23.3 Å². The molecule has 0 heterocycles. The van der Waals surface area contributed by atoms with E-state index in [-0.39, 0.29) is 5.71 Å². The topological polar surface area (TPSA) is 38.7 Å². The van der Waals surface area contributed by atoms with E-state index in [0.717, 1.165) is 0 Å². The minimum absolute atomic E-state index is 0.304. The van der Waals surface area contributed by atoms with Gasteiger partial charge >= 0.3 is 5.97 Å². The van der Waals surface area contributed by atoms with E-state index < -0.39 is 52.1 Å². The zero-order valence-corrected chi connectivity index (χ0v) is 16.0. The number of hydrogen-bond acceptors (Lipinski definition) is 3. The van der Waals surface area contributed by atoms with Gasteiger partial charge < -0.3 is 4.84 Å². The van der Waals surface area contributed by atoms with Crippen molar-refractivity contribution < 1.29 is 40.4 Å². The third-order valence-electron chi connectivity index (χ3n) is 4.00. The Labute approximate surface area is 172 Å². The molecule has 0 N–H and O–H groups in total. The molecule has 10 heteroatoms. The van der Waals surface area contributed by atoms with Gasteiger partial charge in [0.1, 0.15) is 5.56 Å². The highest BCUT2D eigenvalue weighted by Crippen LogP contribution is 2.26. The molecule has 0 bridgehead atoms. The highest BCUT2D eigenvalue weighted by atomic mass is 19.3. The Morgan fingerprint density at radius 3 is 1.94 bits per heavy atom. The third-order valence-corrected chi connectivity index (χ3v) is 4.00. The molecule has 0 aliphatic carbocycles. The van der Waals surface area contributed by atoms with Crippen LogP contribution in [0.3, 0.4) is 0 Å². The first-order valence-corrected chi connectivity index (χ1v) is 8.54. The highest BCUT2D eigenvalue weighted by molar-refractivity contribution is 6.03. The van der Waals surface area contributed by atoms with Crippen LogP contribution in [0.4, 0.5) is 30.7 Å². The van der Waals surface area contributed by atoms with E-state index in [9.17, 15) is 35.5 Å². The number of halogens is 7. The van der Waals surface area contributed by atoms with Gasteiger partial charge in [-0.15, -0.1) is 0 Å². The number of nitrogens with zero attached hydrogens (tertiary/aromatic N) is 1. The summed E-state index contributed by atoms with van der Waals surface area (Å²) in [6.45, 7) is 2.54. The van der Waals surface area contributed by atoms with E-state index in [1.807, 2.05) is 0 Å². The number of carbonyl (C=O) groups is 1. The first-order valence-electron chi connectivity index (χ1n) is 8.54. The summed E-state index contributed by atoms with van der Waals surface area (Å²) in [6, 6.07) is 8.42. The Kier molecular flexibility index (Phi) is 7.37. The van der Waals surface area contributed by atoms with E-state index in [0.29, 0.717) is 11.6 Å². The minimum atomic E-state index is -2.45. The van der Waals surface area contributed by atoms with Crippen LogP contribution in [-0.4, -0.2) is 11.7 Å². The van der Waals surface area contributed by atoms with Crippen molar-refractivity contribution in [2.45, 2.75) is 13.8 Å². The highest BCUT2D eigenvalue weighted by Gasteiger charge is 2.31. The van der Waals surface area contributed by atoms with Crippen LogP contribution in [0, 0.1) is 34.5 Å². The Morgan fingerprint density at radius 1 is 0.903 bits per heavy atom. The number of oxime groups is 1. The molecule has 2 rings (SSSR count). The van der Waals surface area contributed by atoms with Crippen LogP contribution in [0.15, 0.2) is 53.7 Å².